The summed E-state index contributed by atoms with van der Waals surface area (Å²) in [6, 6.07) is 13.9. The molecule has 2 aromatic carbocycles. The third kappa shape index (κ3) is 3.95. The second kappa shape index (κ2) is 7.50. The maximum atomic E-state index is 13.8. The van der Waals surface area contributed by atoms with E-state index in [4.69, 9.17) is 17.0 Å². The van der Waals surface area contributed by atoms with Gasteiger partial charge in [-0.25, -0.2) is 9.49 Å². The number of aromatic amines is 1. The Morgan fingerprint density at radius 3 is 2.88 bits per heavy atom. The van der Waals surface area contributed by atoms with E-state index in [0.29, 0.717) is 21.9 Å². The molecular formula is C16H12BrFN4OS. The van der Waals surface area contributed by atoms with Gasteiger partial charge in [-0.3, -0.25) is 0 Å². The normalized spacial score (nSPS) is 11.1. The second-order valence-electron chi connectivity index (χ2n) is 4.77. The molecule has 0 bridgehead atoms. The van der Waals surface area contributed by atoms with Crippen molar-refractivity contribution in [2.75, 3.05) is 0 Å². The SMILES string of the molecule is Fc1ccc(Br)cc1/C=N\n1c(COc2ccccc2)n[nH]c1=S. The maximum absolute atomic E-state index is 13.8. The molecule has 0 unspecified atom stereocenters. The molecule has 0 spiro atoms. The lowest BCUT2D eigenvalue weighted by molar-refractivity contribution is 0.290. The van der Waals surface area contributed by atoms with Crippen LogP contribution in [0.15, 0.2) is 58.1 Å². The second-order valence-corrected chi connectivity index (χ2v) is 6.07. The topological polar surface area (TPSA) is 55.2 Å². The molecule has 0 saturated carbocycles. The predicted octanol–water partition coefficient (Wildman–Crippen LogP) is 4.30. The number of ether oxygens (including phenoxy) is 1. The number of hydrogen-bond donors (Lipinski definition) is 1. The van der Waals surface area contributed by atoms with Gasteiger partial charge in [0.15, 0.2) is 5.82 Å². The third-order valence-corrected chi connectivity index (χ3v) is 3.86. The molecule has 1 N–H and O–H groups in total. The van der Waals surface area contributed by atoms with Crippen LogP contribution in [0.25, 0.3) is 0 Å². The number of H-pyrrole nitrogens is 1. The van der Waals surface area contributed by atoms with Crippen LogP contribution in [0.4, 0.5) is 4.39 Å². The fourth-order valence-corrected chi connectivity index (χ4v) is 2.51. The molecule has 0 fully saturated rings. The van der Waals surface area contributed by atoms with Gasteiger partial charge < -0.3 is 4.74 Å². The van der Waals surface area contributed by atoms with Crippen LogP contribution in [0.5, 0.6) is 5.75 Å². The Morgan fingerprint density at radius 2 is 2.08 bits per heavy atom. The number of benzene rings is 2. The van der Waals surface area contributed by atoms with Crippen molar-refractivity contribution in [1.82, 2.24) is 14.9 Å². The molecule has 122 valence electrons. The van der Waals surface area contributed by atoms with Gasteiger partial charge in [0.2, 0.25) is 4.77 Å². The number of nitrogens with one attached hydrogen (secondary N) is 1. The van der Waals surface area contributed by atoms with Gasteiger partial charge in [-0.15, -0.1) is 0 Å². The van der Waals surface area contributed by atoms with Crippen LogP contribution < -0.4 is 4.74 Å². The molecule has 3 rings (SSSR count). The fourth-order valence-electron chi connectivity index (χ4n) is 1.93. The molecule has 24 heavy (non-hydrogen) atoms. The van der Waals surface area contributed by atoms with Crippen molar-refractivity contribution in [3.8, 4) is 5.75 Å². The molecule has 0 aliphatic heterocycles. The lowest BCUT2D eigenvalue weighted by atomic mass is 10.2. The molecular weight excluding hydrogens is 395 g/mol. The average Bonchev–Trinajstić information content (AvgIpc) is 2.95. The van der Waals surface area contributed by atoms with E-state index in [1.54, 1.807) is 12.1 Å². The van der Waals surface area contributed by atoms with E-state index in [2.05, 4.69) is 31.2 Å². The molecule has 1 heterocycles. The van der Waals surface area contributed by atoms with Crippen LogP contribution in [0.2, 0.25) is 0 Å². The maximum Gasteiger partial charge on any atom is 0.216 e. The summed E-state index contributed by atoms with van der Waals surface area (Å²) in [6.45, 7) is 0.176. The van der Waals surface area contributed by atoms with Gasteiger partial charge in [0, 0.05) is 10.0 Å². The summed E-state index contributed by atoms with van der Waals surface area (Å²) in [5.41, 5.74) is 0.336. The third-order valence-electron chi connectivity index (χ3n) is 3.10. The van der Waals surface area contributed by atoms with Crippen molar-refractivity contribution in [3.63, 3.8) is 0 Å². The van der Waals surface area contributed by atoms with Crippen LogP contribution in [-0.4, -0.2) is 21.1 Å². The van der Waals surface area contributed by atoms with Gasteiger partial charge in [-0.2, -0.15) is 14.9 Å². The highest BCUT2D eigenvalue weighted by atomic mass is 79.9. The summed E-state index contributed by atoms with van der Waals surface area (Å²) in [7, 11) is 0. The van der Waals surface area contributed by atoms with E-state index < -0.39 is 0 Å². The Balaban J connectivity index is 1.81. The van der Waals surface area contributed by atoms with Crippen molar-refractivity contribution in [3.05, 3.63) is 75.0 Å². The smallest absolute Gasteiger partial charge is 0.216 e. The zero-order valence-corrected chi connectivity index (χ0v) is 14.7. The Morgan fingerprint density at radius 1 is 1.29 bits per heavy atom. The monoisotopic (exact) mass is 406 g/mol. The van der Waals surface area contributed by atoms with E-state index in [1.807, 2.05) is 30.3 Å². The number of nitrogens with zero attached hydrogens (tertiary/aromatic N) is 3. The first-order chi connectivity index (χ1) is 11.6. The molecule has 5 nitrogen and oxygen atoms in total. The molecule has 3 aromatic rings. The minimum absolute atomic E-state index is 0.176. The Kier molecular flexibility index (Phi) is 5.17. The van der Waals surface area contributed by atoms with Gasteiger partial charge >= 0.3 is 0 Å². The number of hydrogen-bond acceptors (Lipinski definition) is 4. The van der Waals surface area contributed by atoms with E-state index in [0.717, 1.165) is 4.47 Å². The highest BCUT2D eigenvalue weighted by Gasteiger charge is 2.07. The quantitative estimate of drug-likeness (QED) is 0.507. The van der Waals surface area contributed by atoms with Crippen molar-refractivity contribution >= 4 is 34.4 Å². The zero-order chi connectivity index (χ0) is 16.9. The van der Waals surface area contributed by atoms with Gasteiger partial charge in [0.25, 0.3) is 0 Å². The van der Waals surface area contributed by atoms with Crippen molar-refractivity contribution < 1.29 is 9.13 Å². The molecule has 0 amide bonds. The van der Waals surface area contributed by atoms with Crippen LogP contribution in [0, 0.1) is 10.6 Å². The summed E-state index contributed by atoms with van der Waals surface area (Å²) in [4.78, 5) is 0. The van der Waals surface area contributed by atoms with Gasteiger partial charge in [-0.1, -0.05) is 34.1 Å². The van der Waals surface area contributed by atoms with Crippen LogP contribution >= 0.6 is 28.1 Å². The van der Waals surface area contributed by atoms with E-state index >= 15 is 0 Å². The first kappa shape index (κ1) is 16.5. The minimum Gasteiger partial charge on any atom is -0.486 e. The van der Waals surface area contributed by atoms with Gasteiger partial charge in [0.1, 0.15) is 18.2 Å². The number of halogens is 2. The lowest BCUT2D eigenvalue weighted by Crippen LogP contribution is -2.04. The van der Waals surface area contributed by atoms with Crippen molar-refractivity contribution in [1.29, 1.82) is 0 Å². The Labute approximate surface area is 150 Å². The summed E-state index contributed by atoms with van der Waals surface area (Å²) in [6.07, 6.45) is 1.39. The predicted molar refractivity (Wildman–Crippen MR) is 95.3 cm³/mol. The van der Waals surface area contributed by atoms with E-state index in [-0.39, 0.29) is 12.4 Å². The van der Waals surface area contributed by atoms with Crippen LogP contribution in [-0.2, 0) is 6.61 Å². The summed E-state index contributed by atoms with van der Waals surface area (Å²) in [5.74, 6) is 0.814. The molecule has 0 atom stereocenters. The highest BCUT2D eigenvalue weighted by molar-refractivity contribution is 9.10. The molecule has 0 aliphatic carbocycles. The Bertz CT molecular complexity index is 923. The van der Waals surface area contributed by atoms with Crippen LogP contribution in [0.1, 0.15) is 11.4 Å². The molecule has 0 aliphatic rings. The highest BCUT2D eigenvalue weighted by Crippen LogP contribution is 2.14. The van der Waals surface area contributed by atoms with Gasteiger partial charge in [0.05, 0.1) is 6.21 Å². The molecule has 1 aromatic heterocycles. The van der Waals surface area contributed by atoms with Gasteiger partial charge in [-0.05, 0) is 42.5 Å². The zero-order valence-electron chi connectivity index (χ0n) is 12.3. The summed E-state index contributed by atoms with van der Waals surface area (Å²) < 4.78 is 21.9. The first-order valence-electron chi connectivity index (χ1n) is 6.97. The average molecular weight is 407 g/mol. The first-order valence-corrected chi connectivity index (χ1v) is 8.17. The molecule has 0 saturated heterocycles. The van der Waals surface area contributed by atoms with Crippen molar-refractivity contribution in [2.45, 2.75) is 6.61 Å². The molecule has 0 radical (unpaired) electrons. The number of rotatable bonds is 5. The van der Waals surface area contributed by atoms with E-state index in [1.165, 1.54) is 17.0 Å². The van der Waals surface area contributed by atoms with E-state index in [9.17, 15) is 4.39 Å². The summed E-state index contributed by atoms with van der Waals surface area (Å²) >= 11 is 8.45. The Hall–Kier alpha value is -2.32. The fraction of sp³-hybridized carbons (Fsp3) is 0.0625. The summed E-state index contributed by atoms with van der Waals surface area (Å²) in [5, 5.41) is 10.9. The minimum atomic E-state index is -0.376. The lowest BCUT2D eigenvalue weighted by Gasteiger charge is -2.05. The number of aromatic nitrogens is 3. The molecule has 8 heteroatoms. The van der Waals surface area contributed by atoms with Crippen molar-refractivity contribution in [2.24, 2.45) is 5.10 Å². The standard InChI is InChI=1S/C16H12BrFN4OS/c17-12-6-7-14(18)11(8-12)9-19-22-15(20-21-16(22)24)10-23-13-4-2-1-3-5-13/h1-9H,10H2,(H,21,24)/b19-9-. The number of para-hydroxylation sites is 1. The largest absolute Gasteiger partial charge is 0.486 e. The van der Waals surface area contributed by atoms with Crippen LogP contribution in [0.3, 0.4) is 0 Å².